The predicted octanol–water partition coefficient (Wildman–Crippen LogP) is 3.19. The maximum Gasteiger partial charge on any atom is 0.573 e. The Bertz CT molecular complexity index is 672. The number of amides is 1. The number of benzene rings is 1. The Morgan fingerprint density at radius 3 is 2.33 bits per heavy atom. The Morgan fingerprint density at radius 2 is 1.78 bits per heavy atom. The normalized spacial score (nSPS) is 18.1. The van der Waals surface area contributed by atoms with E-state index < -0.39 is 48.9 Å². The van der Waals surface area contributed by atoms with Crippen molar-refractivity contribution in [2.45, 2.75) is 37.8 Å². The van der Waals surface area contributed by atoms with Gasteiger partial charge in [0.05, 0.1) is 19.0 Å². The average molecular weight is 398 g/mol. The number of carbonyl (C=O) groups excluding carboxylic acids is 2. The van der Waals surface area contributed by atoms with Gasteiger partial charge in [-0.3, -0.25) is 14.9 Å². The molecule has 2 rings (SSSR count). The topological polar surface area (TPSA) is 58.6 Å². The van der Waals surface area contributed by atoms with Crippen LogP contribution in [0, 0.1) is 0 Å². The molecule has 0 radical (unpaired) electrons. The van der Waals surface area contributed by atoms with E-state index in [0.29, 0.717) is 12.1 Å². The molecule has 1 fully saturated rings. The highest BCUT2D eigenvalue weighted by Gasteiger charge is 2.34. The molecule has 1 unspecified atom stereocenters. The second-order valence-electron chi connectivity index (χ2n) is 5.91. The molecule has 1 saturated heterocycles. The number of ketones is 1. The third kappa shape index (κ3) is 6.74. The molecule has 1 heterocycles. The van der Waals surface area contributed by atoms with Crippen LogP contribution >= 0.6 is 0 Å². The molecule has 0 aromatic heterocycles. The number of Topliss-reactive ketones (excluding diaryl/α,β-unsaturated/α-hetero) is 1. The Hall–Kier alpha value is -2.30. The summed E-state index contributed by atoms with van der Waals surface area (Å²) in [4.78, 5) is 25.1. The van der Waals surface area contributed by atoms with Crippen molar-refractivity contribution in [2.24, 2.45) is 0 Å². The van der Waals surface area contributed by atoms with E-state index >= 15 is 0 Å². The number of hydrogen-bond acceptors (Lipinski definition) is 4. The fraction of sp³-hybridized carbons (Fsp3) is 0.500. The Labute approximate surface area is 150 Å². The van der Waals surface area contributed by atoms with Gasteiger partial charge >= 0.3 is 12.5 Å². The first-order valence-electron chi connectivity index (χ1n) is 7.94. The molecular weight excluding hydrogens is 382 g/mol. The summed E-state index contributed by atoms with van der Waals surface area (Å²) >= 11 is 0. The van der Waals surface area contributed by atoms with Gasteiger partial charge in [0.1, 0.15) is 11.5 Å². The first kappa shape index (κ1) is 21.0. The van der Waals surface area contributed by atoms with Crippen molar-refractivity contribution in [1.82, 2.24) is 5.32 Å². The van der Waals surface area contributed by atoms with Gasteiger partial charge in [-0.1, -0.05) is 0 Å². The third-order valence-corrected chi connectivity index (χ3v) is 3.82. The zero-order valence-electron chi connectivity index (χ0n) is 13.9. The van der Waals surface area contributed by atoms with E-state index in [1.165, 1.54) is 17.0 Å². The second-order valence-corrected chi connectivity index (χ2v) is 5.91. The smallest absolute Gasteiger partial charge is 0.406 e. The number of halogens is 6. The minimum Gasteiger partial charge on any atom is -0.406 e. The molecule has 1 aliphatic heterocycles. The van der Waals surface area contributed by atoms with Gasteiger partial charge in [-0.15, -0.1) is 13.2 Å². The molecule has 1 amide bonds. The third-order valence-electron chi connectivity index (χ3n) is 3.82. The summed E-state index contributed by atoms with van der Waals surface area (Å²) in [6, 6.07) is 3.96. The number of nitrogens with zero attached hydrogens (tertiary/aromatic N) is 1. The standard InChI is InChI=1S/C16H16F6N2O3/c17-15(18,19)7-5-11(25)9-23-13-6-8-24(14(13)26)10-1-3-12(4-2-10)27-16(20,21)22/h1-4,13,23H,5-9H2. The summed E-state index contributed by atoms with van der Waals surface area (Å²) in [6.45, 7) is -0.106. The van der Waals surface area contributed by atoms with E-state index in [1.54, 1.807) is 0 Å². The summed E-state index contributed by atoms with van der Waals surface area (Å²) in [5, 5.41) is 2.63. The quantitative estimate of drug-likeness (QED) is 0.717. The summed E-state index contributed by atoms with van der Waals surface area (Å²) in [5.74, 6) is -1.50. The Balaban J connectivity index is 1.86. The number of carbonyl (C=O) groups is 2. The van der Waals surface area contributed by atoms with Gasteiger partial charge < -0.3 is 9.64 Å². The van der Waals surface area contributed by atoms with Crippen LogP contribution in [0.2, 0.25) is 0 Å². The highest BCUT2D eigenvalue weighted by atomic mass is 19.4. The molecule has 1 aromatic rings. The first-order chi connectivity index (χ1) is 12.4. The van der Waals surface area contributed by atoms with Gasteiger partial charge in [0.15, 0.2) is 0 Å². The van der Waals surface area contributed by atoms with E-state index in [9.17, 15) is 35.9 Å². The number of alkyl halides is 6. The van der Waals surface area contributed by atoms with Crippen LogP contribution in [0.4, 0.5) is 32.0 Å². The van der Waals surface area contributed by atoms with Crippen molar-refractivity contribution < 1.29 is 40.7 Å². The van der Waals surface area contributed by atoms with E-state index in [-0.39, 0.29) is 13.1 Å². The molecule has 0 saturated carbocycles. The summed E-state index contributed by atoms with van der Waals surface area (Å²) in [7, 11) is 0. The van der Waals surface area contributed by atoms with Crippen molar-refractivity contribution in [3.8, 4) is 5.75 Å². The minimum atomic E-state index is -4.82. The van der Waals surface area contributed by atoms with Crippen LogP contribution in [0.3, 0.4) is 0 Å². The summed E-state index contributed by atoms with van der Waals surface area (Å²) < 4.78 is 76.4. The lowest BCUT2D eigenvalue weighted by molar-refractivity contribution is -0.274. The van der Waals surface area contributed by atoms with Crippen molar-refractivity contribution in [1.29, 1.82) is 0 Å². The largest absolute Gasteiger partial charge is 0.573 e. The molecule has 1 aromatic carbocycles. The highest BCUT2D eigenvalue weighted by Crippen LogP contribution is 2.27. The lowest BCUT2D eigenvalue weighted by atomic mass is 10.2. The lowest BCUT2D eigenvalue weighted by Gasteiger charge is -2.18. The fourth-order valence-corrected chi connectivity index (χ4v) is 2.56. The molecule has 5 nitrogen and oxygen atoms in total. The van der Waals surface area contributed by atoms with E-state index in [4.69, 9.17) is 0 Å². The zero-order chi connectivity index (χ0) is 20.2. The maximum absolute atomic E-state index is 12.3. The highest BCUT2D eigenvalue weighted by molar-refractivity contribution is 5.99. The van der Waals surface area contributed by atoms with E-state index in [1.807, 2.05) is 0 Å². The number of nitrogens with one attached hydrogen (secondary N) is 1. The molecule has 0 bridgehead atoms. The van der Waals surface area contributed by atoms with Crippen molar-refractivity contribution in [3.63, 3.8) is 0 Å². The number of anilines is 1. The average Bonchev–Trinajstić information content (AvgIpc) is 2.90. The van der Waals surface area contributed by atoms with Crippen LogP contribution in [0.25, 0.3) is 0 Å². The van der Waals surface area contributed by atoms with Crippen molar-refractivity contribution in [3.05, 3.63) is 24.3 Å². The molecule has 1 N–H and O–H groups in total. The molecule has 1 atom stereocenters. The minimum absolute atomic E-state index is 0.257. The van der Waals surface area contributed by atoms with E-state index in [0.717, 1.165) is 12.1 Å². The Morgan fingerprint density at radius 1 is 1.15 bits per heavy atom. The number of rotatable bonds is 7. The molecular formula is C16H16F6N2O3. The predicted molar refractivity (Wildman–Crippen MR) is 82.2 cm³/mol. The van der Waals surface area contributed by atoms with E-state index in [2.05, 4.69) is 10.1 Å². The Kier molecular flexibility index (Phi) is 6.34. The zero-order valence-corrected chi connectivity index (χ0v) is 13.9. The summed E-state index contributed by atoms with van der Waals surface area (Å²) in [6.07, 6.45) is -10.8. The summed E-state index contributed by atoms with van der Waals surface area (Å²) in [5.41, 5.74) is 0.349. The van der Waals surface area contributed by atoms with Crippen molar-refractivity contribution in [2.75, 3.05) is 18.0 Å². The van der Waals surface area contributed by atoms with Crippen LogP contribution in [0.5, 0.6) is 5.75 Å². The van der Waals surface area contributed by atoms with Gasteiger partial charge in [0, 0.05) is 18.7 Å². The van der Waals surface area contributed by atoms with Crippen LogP contribution in [-0.2, 0) is 9.59 Å². The van der Waals surface area contributed by atoms with Gasteiger partial charge in [0.25, 0.3) is 0 Å². The SMILES string of the molecule is O=C(CCC(F)(F)F)CNC1CCN(c2ccc(OC(F)(F)F)cc2)C1=O. The molecule has 11 heteroatoms. The van der Waals surface area contributed by atoms with Crippen LogP contribution in [0.1, 0.15) is 19.3 Å². The molecule has 27 heavy (non-hydrogen) atoms. The molecule has 1 aliphatic rings. The molecule has 0 aliphatic carbocycles. The molecule has 0 spiro atoms. The fourth-order valence-electron chi connectivity index (χ4n) is 2.56. The number of ether oxygens (including phenoxy) is 1. The van der Waals surface area contributed by atoms with Crippen LogP contribution in [-0.4, -0.2) is 43.4 Å². The number of hydrogen-bond donors (Lipinski definition) is 1. The van der Waals surface area contributed by atoms with Crippen molar-refractivity contribution >= 4 is 17.4 Å². The van der Waals surface area contributed by atoms with Gasteiger partial charge in [0.2, 0.25) is 5.91 Å². The second kappa shape index (κ2) is 8.15. The first-order valence-corrected chi connectivity index (χ1v) is 7.94. The van der Waals surface area contributed by atoms with Gasteiger partial charge in [-0.05, 0) is 30.7 Å². The lowest BCUT2D eigenvalue weighted by Crippen LogP contribution is -2.40. The van der Waals surface area contributed by atoms with Gasteiger partial charge in [-0.25, -0.2) is 0 Å². The van der Waals surface area contributed by atoms with Crippen LogP contribution in [0.15, 0.2) is 24.3 Å². The maximum atomic E-state index is 12.3. The van der Waals surface area contributed by atoms with Gasteiger partial charge in [-0.2, -0.15) is 13.2 Å². The molecule has 150 valence electrons. The van der Waals surface area contributed by atoms with Crippen LogP contribution < -0.4 is 15.0 Å². The monoisotopic (exact) mass is 398 g/mol.